The SMILES string of the molecule is O=CC(O)C(O)C(O)C(O)CO.[BaH2]. The summed E-state index contributed by atoms with van der Waals surface area (Å²) >= 11 is 0. The third kappa shape index (κ3) is 5.47. The molecule has 0 saturated carbocycles. The Balaban J connectivity index is 0. The van der Waals surface area contributed by atoms with Crippen LogP contribution in [0, 0.1) is 0 Å². The van der Waals surface area contributed by atoms with E-state index in [0.717, 1.165) is 0 Å². The molecule has 76 valence electrons. The Bertz CT molecular complexity index is 143. The first-order valence-electron chi connectivity index (χ1n) is 3.33. The molecule has 13 heavy (non-hydrogen) atoms. The van der Waals surface area contributed by atoms with E-state index in [0.29, 0.717) is 0 Å². The number of carbonyl (C=O) groups excluding carboxylic acids is 1. The van der Waals surface area contributed by atoms with E-state index in [4.69, 9.17) is 25.5 Å². The van der Waals surface area contributed by atoms with Gasteiger partial charge in [0.1, 0.15) is 24.4 Å². The normalized spacial score (nSPS) is 19.5. The molecule has 0 saturated heterocycles. The summed E-state index contributed by atoms with van der Waals surface area (Å²) in [5, 5.41) is 43.5. The van der Waals surface area contributed by atoms with Crippen molar-refractivity contribution >= 4 is 55.2 Å². The number of aldehydes is 1. The fourth-order valence-corrected chi connectivity index (χ4v) is 0.618. The predicted molar refractivity (Wildman–Crippen MR) is 45.7 cm³/mol. The molecule has 0 amide bonds. The molecule has 0 fully saturated rings. The Morgan fingerprint density at radius 2 is 1.54 bits per heavy atom. The Morgan fingerprint density at radius 1 is 1.08 bits per heavy atom. The molecule has 0 aromatic heterocycles. The van der Waals surface area contributed by atoms with Crippen LogP contribution in [0.4, 0.5) is 0 Å². The molecule has 0 aromatic rings. The molecule has 0 aliphatic rings. The summed E-state index contributed by atoms with van der Waals surface area (Å²) in [5.41, 5.74) is 0. The third-order valence-corrected chi connectivity index (χ3v) is 1.42. The van der Waals surface area contributed by atoms with Gasteiger partial charge in [0.05, 0.1) is 6.61 Å². The maximum atomic E-state index is 9.90. The van der Waals surface area contributed by atoms with Gasteiger partial charge in [0, 0.05) is 0 Å². The Kier molecular flexibility index (Phi) is 10.6. The number of rotatable bonds is 5. The Hall–Kier alpha value is 1.04. The summed E-state index contributed by atoms with van der Waals surface area (Å²) in [6.07, 6.45) is -6.84. The average Bonchev–Trinajstić information content (AvgIpc) is 2.12. The van der Waals surface area contributed by atoms with Crippen LogP contribution >= 0.6 is 0 Å². The van der Waals surface area contributed by atoms with E-state index in [1.54, 1.807) is 0 Å². The van der Waals surface area contributed by atoms with E-state index >= 15 is 0 Å². The molecule has 5 N–H and O–H groups in total. The van der Waals surface area contributed by atoms with E-state index < -0.39 is 31.0 Å². The molecule has 6 nitrogen and oxygen atoms in total. The Labute approximate surface area is 115 Å². The van der Waals surface area contributed by atoms with Crippen LogP contribution in [-0.2, 0) is 4.79 Å². The molecule has 4 atom stereocenters. The van der Waals surface area contributed by atoms with Crippen molar-refractivity contribution in [3.05, 3.63) is 0 Å². The standard InChI is InChI=1S/C6H12O6.Ba.2H/c7-1-3(9)5(11)6(12)4(10)2-8;;;/h1,3-6,8-12H,2H2;;;. The van der Waals surface area contributed by atoms with Crippen molar-refractivity contribution in [3.63, 3.8) is 0 Å². The summed E-state index contributed by atoms with van der Waals surface area (Å²) in [4.78, 5) is 9.90. The monoisotopic (exact) mass is 320 g/mol. The van der Waals surface area contributed by atoms with Crippen LogP contribution in [-0.4, -0.2) is 112 Å². The molecule has 0 aliphatic heterocycles. The summed E-state index contributed by atoms with van der Waals surface area (Å²) in [7, 11) is 0. The molecule has 0 aliphatic carbocycles. The van der Waals surface area contributed by atoms with Gasteiger partial charge in [-0.15, -0.1) is 0 Å². The zero-order valence-corrected chi connectivity index (χ0v) is 6.24. The second-order valence-corrected chi connectivity index (χ2v) is 2.36. The second-order valence-electron chi connectivity index (χ2n) is 2.36. The van der Waals surface area contributed by atoms with E-state index in [1.807, 2.05) is 0 Å². The second kappa shape index (κ2) is 8.36. The number of aliphatic hydroxyl groups is 5. The van der Waals surface area contributed by atoms with Crippen LogP contribution in [0.5, 0.6) is 0 Å². The number of aliphatic hydroxyl groups excluding tert-OH is 5. The zero-order valence-electron chi connectivity index (χ0n) is 6.24. The van der Waals surface area contributed by atoms with Crippen molar-refractivity contribution in [2.24, 2.45) is 0 Å². The number of hydrogen-bond donors (Lipinski definition) is 5. The van der Waals surface area contributed by atoms with Gasteiger partial charge in [-0.1, -0.05) is 0 Å². The molecule has 0 spiro atoms. The summed E-state index contributed by atoms with van der Waals surface area (Å²) < 4.78 is 0. The van der Waals surface area contributed by atoms with Gasteiger partial charge in [0.25, 0.3) is 0 Å². The van der Waals surface area contributed by atoms with Crippen molar-refractivity contribution in [3.8, 4) is 0 Å². The van der Waals surface area contributed by atoms with Crippen LogP contribution < -0.4 is 0 Å². The molecule has 0 rings (SSSR count). The molecule has 0 heterocycles. The first-order valence-corrected chi connectivity index (χ1v) is 3.33. The van der Waals surface area contributed by atoms with Gasteiger partial charge in [0.2, 0.25) is 0 Å². The van der Waals surface area contributed by atoms with E-state index in [1.165, 1.54) is 0 Å². The van der Waals surface area contributed by atoms with Crippen molar-refractivity contribution in [2.45, 2.75) is 24.4 Å². The van der Waals surface area contributed by atoms with Crippen molar-refractivity contribution in [1.29, 1.82) is 0 Å². The van der Waals surface area contributed by atoms with Gasteiger partial charge in [-0.3, -0.25) is 0 Å². The molecule has 0 bridgehead atoms. The summed E-state index contributed by atoms with van der Waals surface area (Å²) in [6, 6.07) is 0. The van der Waals surface area contributed by atoms with Gasteiger partial charge < -0.3 is 30.3 Å². The van der Waals surface area contributed by atoms with Crippen LogP contribution in [0.25, 0.3) is 0 Å². The first kappa shape index (κ1) is 16.5. The minimum atomic E-state index is -1.79. The maximum absolute atomic E-state index is 9.90. The van der Waals surface area contributed by atoms with Gasteiger partial charge in [-0.2, -0.15) is 0 Å². The number of hydrogen-bond acceptors (Lipinski definition) is 6. The fraction of sp³-hybridized carbons (Fsp3) is 0.833. The van der Waals surface area contributed by atoms with Gasteiger partial charge in [-0.05, 0) is 0 Å². The van der Waals surface area contributed by atoms with Gasteiger partial charge in [-0.25, -0.2) is 0 Å². The minimum absolute atomic E-state index is 0. The number of carbonyl (C=O) groups is 1. The van der Waals surface area contributed by atoms with E-state index in [9.17, 15) is 4.79 Å². The molecule has 7 heteroatoms. The molecule has 0 radical (unpaired) electrons. The van der Waals surface area contributed by atoms with Crippen molar-refractivity contribution in [1.82, 2.24) is 0 Å². The van der Waals surface area contributed by atoms with Crippen LogP contribution in [0.1, 0.15) is 0 Å². The van der Waals surface area contributed by atoms with Crippen LogP contribution in [0.3, 0.4) is 0 Å². The predicted octanol–water partition coefficient (Wildman–Crippen LogP) is -4.29. The molecule has 0 aromatic carbocycles. The first-order chi connectivity index (χ1) is 5.54. The quantitative estimate of drug-likeness (QED) is 0.258. The van der Waals surface area contributed by atoms with Gasteiger partial charge >= 0.3 is 48.9 Å². The van der Waals surface area contributed by atoms with Gasteiger partial charge in [0.15, 0.2) is 6.29 Å². The molecular formula is C6H14BaO6. The zero-order chi connectivity index (χ0) is 9.72. The molecule has 4 unspecified atom stereocenters. The van der Waals surface area contributed by atoms with E-state index in [-0.39, 0.29) is 55.2 Å². The average molecular weight is 320 g/mol. The third-order valence-electron chi connectivity index (χ3n) is 1.42. The summed E-state index contributed by atoms with van der Waals surface area (Å²) in [6.45, 7) is -0.760. The van der Waals surface area contributed by atoms with Crippen molar-refractivity contribution in [2.75, 3.05) is 6.61 Å². The summed E-state index contributed by atoms with van der Waals surface area (Å²) in [5.74, 6) is 0. The van der Waals surface area contributed by atoms with E-state index in [2.05, 4.69) is 0 Å². The fourth-order valence-electron chi connectivity index (χ4n) is 0.618. The van der Waals surface area contributed by atoms with Crippen LogP contribution in [0.2, 0.25) is 0 Å². The van der Waals surface area contributed by atoms with Crippen LogP contribution in [0.15, 0.2) is 0 Å². The molecular weight excluding hydrogens is 305 g/mol. The topological polar surface area (TPSA) is 118 Å². The Morgan fingerprint density at radius 3 is 1.85 bits per heavy atom. The van der Waals surface area contributed by atoms with Crippen molar-refractivity contribution < 1.29 is 30.3 Å².